The van der Waals surface area contributed by atoms with Crippen molar-refractivity contribution in [2.75, 3.05) is 0 Å². The summed E-state index contributed by atoms with van der Waals surface area (Å²) in [5.74, 6) is -1.35. The highest BCUT2D eigenvalue weighted by Crippen LogP contribution is 2.25. The van der Waals surface area contributed by atoms with Gasteiger partial charge >= 0.3 is 5.97 Å². The van der Waals surface area contributed by atoms with Gasteiger partial charge < -0.3 is 9.52 Å². The normalized spacial score (nSPS) is 12.3. The molecule has 0 radical (unpaired) electrons. The third-order valence-electron chi connectivity index (χ3n) is 2.38. The van der Waals surface area contributed by atoms with Crippen molar-refractivity contribution in [1.29, 1.82) is 0 Å². The second-order valence-electron chi connectivity index (χ2n) is 3.65. The van der Waals surface area contributed by atoms with Gasteiger partial charge in [0.15, 0.2) is 0 Å². The molecule has 100 valence electrons. The number of carboxylic acid groups (broad SMARTS) is 1. The van der Waals surface area contributed by atoms with Crippen LogP contribution in [0, 0.1) is 0 Å². The van der Waals surface area contributed by atoms with Crippen LogP contribution in [0.2, 0.25) is 10.0 Å². The van der Waals surface area contributed by atoms with Gasteiger partial charge in [0.2, 0.25) is 5.76 Å². The molecule has 7 heteroatoms. The molecule has 0 spiro atoms. The minimum absolute atomic E-state index is 0.0378. The number of rotatable bonds is 4. The lowest BCUT2D eigenvalue weighted by Gasteiger charge is -2.03. The lowest BCUT2D eigenvalue weighted by molar-refractivity contribution is 0.0661. The van der Waals surface area contributed by atoms with Gasteiger partial charge in [-0.1, -0.05) is 23.2 Å². The first-order chi connectivity index (χ1) is 8.99. The first-order valence-corrected chi connectivity index (χ1v) is 7.19. The summed E-state index contributed by atoms with van der Waals surface area (Å²) in [6.07, 6.45) is 1.25. The Bertz CT molecular complexity index is 651. The van der Waals surface area contributed by atoms with Gasteiger partial charge in [-0.05, 0) is 24.3 Å². The molecule has 2 aromatic rings. The standard InChI is InChI=1S/C12H8Cl2O4S/c13-9-2-1-8(5-10(9)14)19(17)6-7-3-4-18-11(7)12(15)16/h1-5H,6H2,(H,15,16). The van der Waals surface area contributed by atoms with E-state index in [9.17, 15) is 9.00 Å². The van der Waals surface area contributed by atoms with Crippen LogP contribution in [0.4, 0.5) is 0 Å². The van der Waals surface area contributed by atoms with E-state index in [0.29, 0.717) is 20.5 Å². The van der Waals surface area contributed by atoms with E-state index in [1.807, 2.05) is 0 Å². The molecule has 1 N–H and O–H groups in total. The van der Waals surface area contributed by atoms with Gasteiger partial charge in [-0.2, -0.15) is 0 Å². The molecule has 0 aliphatic rings. The molecule has 0 saturated heterocycles. The highest BCUT2D eigenvalue weighted by molar-refractivity contribution is 7.84. The molecule has 0 aliphatic heterocycles. The van der Waals surface area contributed by atoms with Crippen LogP contribution < -0.4 is 0 Å². The average Bonchev–Trinajstić information content (AvgIpc) is 2.80. The fourth-order valence-corrected chi connectivity index (χ4v) is 2.99. The lowest BCUT2D eigenvalue weighted by Crippen LogP contribution is -2.02. The summed E-state index contributed by atoms with van der Waals surface area (Å²) in [6.45, 7) is 0. The average molecular weight is 319 g/mol. The Morgan fingerprint density at radius 3 is 2.63 bits per heavy atom. The maximum atomic E-state index is 12.1. The Labute approximate surface area is 121 Å². The van der Waals surface area contributed by atoms with Crippen molar-refractivity contribution >= 4 is 40.0 Å². The summed E-state index contributed by atoms with van der Waals surface area (Å²) in [5.41, 5.74) is 0.372. The molecule has 0 saturated carbocycles. The third kappa shape index (κ3) is 3.18. The van der Waals surface area contributed by atoms with E-state index in [0.717, 1.165) is 0 Å². The molecule has 1 aromatic heterocycles. The van der Waals surface area contributed by atoms with Crippen molar-refractivity contribution in [2.45, 2.75) is 10.6 Å². The summed E-state index contributed by atoms with van der Waals surface area (Å²) >= 11 is 11.6. The van der Waals surface area contributed by atoms with Crippen LogP contribution in [-0.4, -0.2) is 15.3 Å². The Balaban J connectivity index is 2.23. The van der Waals surface area contributed by atoms with E-state index in [1.165, 1.54) is 18.4 Å². The molecular formula is C12H8Cl2O4S. The Hall–Kier alpha value is -1.30. The van der Waals surface area contributed by atoms with Crippen LogP contribution in [0.1, 0.15) is 16.1 Å². The molecule has 1 atom stereocenters. The molecule has 1 heterocycles. The fraction of sp³-hybridized carbons (Fsp3) is 0.0833. The van der Waals surface area contributed by atoms with Crippen molar-refractivity contribution in [3.05, 3.63) is 51.9 Å². The first-order valence-electron chi connectivity index (χ1n) is 5.12. The zero-order valence-corrected chi connectivity index (χ0v) is 11.8. The third-order valence-corrected chi connectivity index (χ3v) is 4.47. The summed E-state index contributed by atoms with van der Waals surface area (Å²) in [5, 5.41) is 9.56. The first kappa shape index (κ1) is 14.1. The quantitative estimate of drug-likeness (QED) is 0.935. The second kappa shape index (κ2) is 5.77. The highest BCUT2D eigenvalue weighted by atomic mass is 35.5. The monoisotopic (exact) mass is 318 g/mol. The van der Waals surface area contributed by atoms with Crippen molar-refractivity contribution in [1.82, 2.24) is 0 Å². The molecule has 2 rings (SSSR count). The maximum Gasteiger partial charge on any atom is 0.372 e. The number of hydrogen-bond donors (Lipinski definition) is 1. The van der Waals surface area contributed by atoms with Gasteiger partial charge in [-0.3, -0.25) is 4.21 Å². The number of benzene rings is 1. The zero-order valence-electron chi connectivity index (χ0n) is 9.43. The summed E-state index contributed by atoms with van der Waals surface area (Å²) in [4.78, 5) is 11.3. The lowest BCUT2D eigenvalue weighted by atomic mass is 10.3. The van der Waals surface area contributed by atoms with Crippen molar-refractivity contribution in [3.63, 3.8) is 0 Å². The van der Waals surface area contributed by atoms with Gasteiger partial charge in [0.25, 0.3) is 0 Å². The molecule has 0 bridgehead atoms. The maximum absolute atomic E-state index is 12.1. The Morgan fingerprint density at radius 1 is 1.26 bits per heavy atom. The molecule has 0 aliphatic carbocycles. The fourth-order valence-electron chi connectivity index (χ4n) is 1.48. The number of halogens is 2. The molecule has 0 fully saturated rings. The van der Waals surface area contributed by atoms with Crippen LogP contribution in [0.15, 0.2) is 39.8 Å². The Kier molecular flexibility index (Phi) is 4.29. The van der Waals surface area contributed by atoms with Gasteiger partial charge in [0, 0.05) is 10.5 Å². The number of aromatic carboxylic acids is 1. The highest BCUT2D eigenvalue weighted by Gasteiger charge is 2.17. The van der Waals surface area contributed by atoms with Crippen molar-refractivity contribution in [3.8, 4) is 0 Å². The van der Waals surface area contributed by atoms with Crippen LogP contribution >= 0.6 is 23.2 Å². The minimum Gasteiger partial charge on any atom is -0.475 e. The topological polar surface area (TPSA) is 67.5 Å². The molecule has 1 aromatic carbocycles. The van der Waals surface area contributed by atoms with Crippen molar-refractivity contribution in [2.24, 2.45) is 0 Å². The van der Waals surface area contributed by atoms with Crippen LogP contribution in [-0.2, 0) is 16.6 Å². The summed E-state index contributed by atoms with van der Waals surface area (Å²) in [6, 6.07) is 6.12. The smallest absolute Gasteiger partial charge is 0.372 e. The zero-order chi connectivity index (χ0) is 14.0. The Morgan fingerprint density at radius 2 is 2.00 bits per heavy atom. The van der Waals surface area contributed by atoms with Gasteiger partial charge in [0.05, 0.1) is 32.9 Å². The number of hydrogen-bond acceptors (Lipinski definition) is 3. The predicted octanol–water partition coefficient (Wildman–Crippen LogP) is 3.59. The minimum atomic E-state index is -1.42. The largest absolute Gasteiger partial charge is 0.475 e. The SMILES string of the molecule is O=C(O)c1occc1CS(=O)c1ccc(Cl)c(Cl)c1. The van der Waals surface area contributed by atoms with Crippen molar-refractivity contribution < 1.29 is 18.5 Å². The van der Waals surface area contributed by atoms with E-state index in [1.54, 1.807) is 12.1 Å². The van der Waals surface area contributed by atoms with Gasteiger partial charge in [0.1, 0.15) is 0 Å². The van der Waals surface area contributed by atoms with Crippen LogP contribution in [0.25, 0.3) is 0 Å². The van der Waals surface area contributed by atoms with E-state index in [-0.39, 0.29) is 11.5 Å². The summed E-state index contributed by atoms with van der Waals surface area (Å²) < 4.78 is 16.9. The molecular weight excluding hydrogens is 311 g/mol. The van der Waals surface area contributed by atoms with E-state index >= 15 is 0 Å². The number of furan rings is 1. The van der Waals surface area contributed by atoms with Crippen LogP contribution in [0.3, 0.4) is 0 Å². The van der Waals surface area contributed by atoms with E-state index in [2.05, 4.69) is 0 Å². The van der Waals surface area contributed by atoms with Crippen LogP contribution in [0.5, 0.6) is 0 Å². The number of carbonyl (C=O) groups is 1. The summed E-state index contributed by atoms with van der Waals surface area (Å²) in [7, 11) is -1.42. The second-order valence-corrected chi connectivity index (χ2v) is 5.91. The molecule has 19 heavy (non-hydrogen) atoms. The molecule has 1 unspecified atom stereocenters. The molecule has 4 nitrogen and oxygen atoms in total. The van der Waals surface area contributed by atoms with E-state index < -0.39 is 16.8 Å². The predicted molar refractivity (Wildman–Crippen MR) is 72.2 cm³/mol. The number of carboxylic acids is 1. The van der Waals surface area contributed by atoms with E-state index in [4.69, 9.17) is 32.7 Å². The van der Waals surface area contributed by atoms with Gasteiger partial charge in [-0.15, -0.1) is 0 Å². The van der Waals surface area contributed by atoms with Gasteiger partial charge in [-0.25, -0.2) is 4.79 Å². The molecule has 0 amide bonds.